The molecular weight excluding hydrogens is 298 g/mol. The van der Waals surface area contributed by atoms with E-state index in [-0.39, 0.29) is 30.8 Å². The lowest BCUT2D eigenvalue weighted by atomic mass is 9.92. The number of benzene rings is 1. The van der Waals surface area contributed by atoms with Gasteiger partial charge in [-0.25, -0.2) is 0 Å². The number of hydrogen-bond donors (Lipinski definition) is 0. The molecule has 6 heteroatoms. The van der Waals surface area contributed by atoms with Gasteiger partial charge in [-0.2, -0.15) is 0 Å². The van der Waals surface area contributed by atoms with E-state index in [9.17, 15) is 9.59 Å². The molecule has 0 bridgehead atoms. The van der Waals surface area contributed by atoms with Crippen molar-refractivity contribution < 1.29 is 23.8 Å². The van der Waals surface area contributed by atoms with Crippen LogP contribution in [0.2, 0.25) is 0 Å². The number of ether oxygens (including phenoxy) is 3. The summed E-state index contributed by atoms with van der Waals surface area (Å²) in [5, 5.41) is 0. The van der Waals surface area contributed by atoms with Crippen LogP contribution in [0.15, 0.2) is 12.1 Å². The lowest BCUT2D eigenvalue weighted by molar-refractivity contribution is -0.144. The summed E-state index contributed by atoms with van der Waals surface area (Å²) in [6.07, 6.45) is 1.03. The van der Waals surface area contributed by atoms with Crippen molar-refractivity contribution in [3.05, 3.63) is 23.3 Å². The highest BCUT2D eigenvalue weighted by atomic mass is 16.5. The highest BCUT2D eigenvalue weighted by Crippen LogP contribution is 2.38. The molecule has 0 spiro atoms. The van der Waals surface area contributed by atoms with Gasteiger partial charge in [-0.15, -0.1) is 0 Å². The summed E-state index contributed by atoms with van der Waals surface area (Å²) in [5.74, 6) is 0.948. The van der Waals surface area contributed by atoms with E-state index in [1.165, 1.54) is 7.11 Å². The first-order valence-corrected chi connectivity index (χ1v) is 7.62. The van der Waals surface area contributed by atoms with Gasteiger partial charge in [0.05, 0.1) is 33.8 Å². The summed E-state index contributed by atoms with van der Waals surface area (Å²) in [5.41, 5.74) is 2.22. The molecule has 1 aliphatic heterocycles. The first-order chi connectivity index (χ1) is 11.0. The number of hydrogen-bond acceptors (Lipinski definition) is 5. The van der Waals surface area contributed by atoms with Crippen LogP contribution in [0.25, 0.3) is 0 Å². The average molecular weight is 321 g/mol. The second-order valence-electron chi connectivity index (χ2n) is 5.50. The van der Waals surface area contributed by atoms with Crippen molar-refractivity contribution in [2.24, 2.45) is 0 Å². The van der Waals surface area contributed by atoms with E-state index in [4.69, 9.17) is 9.47 Å². The molecule has 1 aromatic carbocycles. The Balaban J connectivity index is 2.18. The Bertz CT molecular complexity index is 599. The lowest BCUT2D eigenvalue weighted by Gasteiger charge is -2.35. The molecule has 1 aromatic rings. The van der Waals surface area contributed by atoms with E-state index in [1.807, 2.05) is 19.1 Å². The number of amides is 1. The number of carbonyl (C=O) groups excluding carboxylic acids is 2. The minimum Gasteiger partial charge on any atom is -0.493 e. The van der Waals surface area contributed by atoms with Crippen LogP contribution >= 0.6 is 0 Å². The topological polar surface area (TPSA) is 65.1 Å². The van der Waals surface area contributed by atoms with Crippen LogP contribution in [0.5, 0.6) is 11.5 Å². The van der Waals surface area contributed by atoms with Crippen LogP contribution in [-0.2, 0) is 20.7 Å². The fraction of sp³-hybridized carbons (Fsp3) is 0.529. The van der Waals surface area contributed by atoms with E-state index in [0.29, 0.717) is 18.0 Å². The third-order valence-corrected chi connectivity index (χ3v) is 4.28. The van der Waals surface area contributed by atoms with E-state index in [1.54, 1.807) is 19.1 Å². The monoisotopic (exact) mass is 321 g/mol. The van der Waals surface area contributed by atoms with Crippen molar-refractivity contribution >= 4 is 11.9 Å². The summed E-state index contributed by atoms with van der Waals surface area (Å²) >= 11 is 0. The second-order valence-corrected chi connectivity index (χ2v) is 5.50. The molecule has 0 fully saturated rings. The predicted octanol–water partition coefficient (Wildman–Crippen LogP) is 2.10. The fourth-order valence-corrected chi connectivity index (χ4v) is 2.94. The van der Waals surface area contributed by atoms with Crippen molar-refractivity contribution in [3.63, 3.8) is 0 Å². The van der Waals surface area contributed by atoms with Crippen molar-refractivity contribution in [1.82, 2.24) is 4.90 Å². The van der Waals surface area contributed by atoms with Gasteiger partial charge in [-0.1, -0.05) is 0 Å². The van der Waals surface area contributed by atoms with Gasteiger partial charge in [0.25, 0.3) is 0 Å². The SMILES string of the molecule is COC(=O)CCC(=O)N1CCc2cc(OC)c(OC)cc2C1C. The molecule has 0 aromatic heterocycles. The van der Waals surface area contributed by atoms with E-state index in [2.05, 4.69) is 4.74 Å². The Morgan fingerprint density at radius 3 is 2.39 bits per heavy atom. The van der Waals surface area contributed by atoms with Gasteiger partial charge in [0.1, 0.15) is 0 Å². The number of rotatable bonds is 5. The van der Waals surface area contributed by atoms with E-state index >= 15 is 0 Å². The van der Waals surface area contributed by atoms with Gasteiger partial charge in [0.15, 0.2) is 11.5 Å². The van der Waals surface area contributed by atoms with Gasteiger partial charge in [0, 0.05) is 13.0 Å². The average Bonchev–Trinajstić information content (AvgIpc) is 2.58. The molecule has 2 rings (SSSR count). The molecule has 0 saturated carbocycles. The third-order valence-electron chi connectivity index (χ3n) is 4.28. The van der Waals surface area contributed by atoms with Crippen LogP contribution in [0.4, 0.5) is 0 Å². The Morgan fingerprint density at radius 2 is 1.78 bits per heavy atom. The van der Waals surface area contributed by atoms with Gasteiger partial charge >= 0.3 is 5.97 Å². The number of fused-ring (bicyclic) bond motifs is 1. The van der Waals surface area contributed by atoms with Gasteiger partial charge in [-0.05, 0) is 36.6 Å². The quantitative estimate of drug-likeness (QED) is 0.777. The summed E-state index contributed by atoms with van der Waals surface area (Å²) in [7, 11) is 4.53. The Morgan fingerprint density at radius 1 is 1.13 bits per heavy atom. The maximum atomic E-state index is 12.4. The molecule has 0 N–H and O–H groups in total. The number of esters is 1. The lowest BCUT2D eigenvalue weighted by Crippen LogP contribution is -2.39. The van der Waals surface area contributed by atoms with Crippen LogP contribution in [0.1, 0.15) is 36.9 Å². The zero-order valence-corrected chi connectivity index (χ0v) is 14.0. The number of nitrogens with zero attached hydrogens (tertiary/aromatic N) is 1. The Labute approximate surface area is 136 Å². The molecule has 1 atom stereocenters. The second kappa shape index (κ2) is 7.35. The highest BCUT2D eigenvalue weighted by Gasteiger charge is 2.29. The van der Waals surface area contributed by atoms with Gasteiger partial charge < -0.3 is 19.1 Å². The highest BCUT2D eigenvalue weighted by molar-refractivity contribution is 5.82. The van der Waals surface area contributed by atoms with Crippen LogP contribution < -0.4 is 9.47 Å². The summed E-state index contributed by atoms with van der Waals surface area (Å²) < 4.78 is 15.3. The van der Waals surface area contributed by atoms with Crippen LogP contribution in [0, 0.1) is 0 Å². The molecule has 23 heavy (non-hydrogen) atoms. The van der Waals surface area contributed by atoms with Crippen molar-refractivity contribution in [2.45, 2.75) is 32.2 Å². The van der Waals surface area contributed by atoms with E-state index < -0.39 is 0 Å². The van der Waals surface area contributed by atoms with Crippen LogP contribution in [-0.4, -0.2) is 44.7 Å². The number of methoxy groups -OCH3 is 3. The molecular formula is C17H23NO5. The molecule has 1 aliphatic rings. The van der Waals surface area contributed by atoms with Gasteiger partial charge in [-0.3, -0.25) is 9.59 Å². The molecule has 0 radical (unpaired) electrons. The Kier molecular flexibility index (Phi) is 5.47. The summed E-state index contributed by atoms with van der Waals surface area (Å²) in [6.45, 7) is 2.61. The summed E-state index contributed by atoms with van der Waals surface area (Å²) in [4.78, 5) is 25.4. The molecule has 0 aliphatic carbocycles. The largest absolute Gasteiger partial charge is 0.493 e. The summed E-state index contributed by atoms with van der Waals surface area (Å²) in [6, 6.07) is 3.84. The van der Waals surface area contributed by atoms with Crippen molar-refractivity contribution in [2.75, 3.05) is 27.9 Å². The molecule has 126 valence electrons. The minimum atomic E-state index is -0.366. The molecule has 0 saturated heterocycles. The zero-order valence-electron chi connectivity index (χ0n) is 14.0. The minimum absolute atomic E-state index is 0.0386. The maximum absolute atomic E-state index is 12.4. The third kappa shape index (κ3) is 3.57. The first-order valence-electron chi connectivity index (χ1n) is 7.62. The Hall–Kier alpha value is -2.24. The van der Waals surface area contributed by atoms with Crippen molar-refractivity contribution in [3.8, 4) is 11.5 Å². The molecule has 1 unspecified atom stereocenters. The maximum Gasteiger partial charge on any atom is 0.306 e. The molecule has 6 nitrogen and oxygen atoms in total. The van der Waals surface area contributed by atoms with Gasteiger partial charge in [0.2, 0.25) is 5.91 Å². The molecule has 1 amide bonds. The molecule has 1 heterocycles. The zero-order chi connectivity index (χ0) is 17.0. The first kappa shape index (κ1) is 17.1. The van der Waals surface area contributed by atoms with Crippen LogP contribution in [0.3, 0.4) is 0 Å². The number of carbonyl (C=O) groups is 2. The standard InChI is InChI=1S/C17H23NO5/c1-11-13-10-15(22-3)14(21-2)9-12(13)7-8-18(11)16(19)5-6-17(20)23-4/h9-11H,5-8H2,1-4H3. The normalized spacial score (nSPS) is 16.5. The van der Waals surface area contributed by atoms with E-state index in [0.717, 1.165) is 17.5 Å². The predicted molar refractivity (Wildman–Crippen MR) is 84.6 cm³/mol. The van der Waals surface area contributed by atoms with Crippen molar-refractivity contribution in [1.29, 1.82) is 0 Å². The fourth-order valence-electron chi connectivity index (χ4n) is 2.94. The smallest absolute Gasteiger partial charge is 0.306 e.